The van der Waals surface area contributed by atoms with Gasteiger partial charge in [0, 0.05) is 57.5 Å². The number of ether oxygens (including phenoxy) is 1. The molecule has 0 aromatic carbocycles. The van der Waals surface area contributed by atoms with Crippen molar-refractivity contribution in [1.82, 2.24) is 19.7 Å². The summed E-state index contributed by atoms with van der Waals surface area (Å²) in [6, 6.07) is 5.12. The lowest BCUT2D eigenvalue weighted by molar-refractivity contribution is 0.00158. The first-order chi connectivity index (χ1) is 13.6. The van der Waals surface area contributed by atoms with E-state index in [1.54, 1.807) is 6.20 Å². The van der Waals surface area contributed by atoms with Gasteiger partial charge in [-0.2, -0.15) is 0 Å². The largest absolute Gasteiger partial charge is 0.379 e. The number of amides is 1. The predicted molar refractivity (Wildman–Crippen MR) is 110 cm³/mol. The van der Waals surface area contributed by atoms with Gasteiger partial charge in [-0.1, -0.05) is 0 Å². The maximum Gasteiger partial charge on any atom is 0.255 e. The van der Waals surface area contributed by atoms with E-state index in [2.05, 4.69) is 33.8 Å². The number of pyridine rings is 1. The van der Waals surface area contributed by atoms with Gasteiger partial charge in [0.2, 0.25) is 0 Å². The topological polar surface area (TPSA) is 52.2 Å². The Morgan fingerprint density at radius 3 is 2.43 bits per heavy atom. The molecule has 1 aromatic heterocycles. The Labute approximate surface area is 168 Å². The standard InChI is InChI=1S/C21H33N5O2/c1-23(2)19-7-10-26(16-19)20-4-3-17(15-22-20)21(27)25-8-5-18(6-9-25)24-11-13-28-14-12-24/h3-4,15,18-19H,5-14,16H2,1-2H3. The highest BCUT2D eigenvalue weighted by Crippen LogP contribution is 2.22. The number of carbonyl (C=O) groups excluding carboxylic acids is 1. The first kappa shape index (κ1) is 19.6. The van der Waals surface area contributed by atoms with Crippen LogP contribution in [0.25, 0.3) is 0 Å². The molecule has 0 N–H and O–H groups in total. The molecule has 4 heterocycles. The first-order valence-corrected chi connectivity index (χ1v) is 10.6. The van der Waals surface area contributed by atoms with Crippen LogP contribution in [0.4, 0.5) is 5.82 Å². The van der Waals surface area contributed by atoms with E-state index >= 15 is 0 Å². The molecule has 3 aliphatic rings. The second-order valence-corrected chi connectivity index (χ2v) is 8.43. The number of rotatable bonds is 4. The number of hydrogen-bond acceptors (Lipinski definition) is 6. The Hall–Kier alpha value is -1.70. The molecule has 0 spiro atoms. The van der Waals surface area contributed by atoms with E-state index in [4.69, 9.17) is 4.74 Å². The van der Waals surface area contributed by atoms with Crippen molar-refractivity contribution in [3.63, 3.8) is 0 Å². The molecule has 7 heteroatoms. The Morgan fingerprint density at radius 2 is 1.82 bits per heavy atom. The Kier molecular flexibility index (Phi) is 6.13. The molecule has 1 amide bonds. The van der Waals surface area contributed by atoms with Gasteiger partial charge in [-0.25, -0.2) is 4.98 Å². The maximum absolute atomic E-state index is 12.9. The monoisotopic (exact) mass is 387 g/mol. The van der Waals surface area contributed by atoms with Crippen LogP contribution in [0.1, 0.15) is 29.6 Å². The molecule has 1 atom stereocenters. The average Bonchev–Trinajstić information content (AvgIpc) is 3.25. The zero-order valence-electron chi connectivity index (χ0n) is 17.2. The fourth-order valence-electron chi connectivity index (χ4n) is 4.63. The smallest absolute Gasteiger partial charge is 0.255 e. The number of likely N-dealkylation sites (tertiary alicyclic amines) is 1. The third kappa shape index (κ3) is 4.31. The molecule has 3 aliphatic heterocycles. The van der Waals surface area contributed by atoms with E-state index in [0.717, 1.165) is 77.6 Å². The fraction of sp³-hybridized carbons (Fsp3) is 0.714. The van der Waals surface area contributed by atoms with Gasteiger partial charge in [-0.3, -0.25) is 9.69 Å². The van der Waals surface area contributed by atoms with Crippen LogP contribution in [0.2, 0.25) is 0 Å². The molecule has 0 bridgehead atoms. The second-order valence-electron chi connectivity index (χ2n) is 8.43. The predicted octanol–water partition coefficient (Wildman–Crippen LogP) is 1.16. The summed E-state index contributed by atoms with van der Waals surface area (Å²) in [5, 5.41) is 0. The van der Waals surface area contributed by atoms with Gasteiger partial charge in [0.1, 0.15) is 5.82 Å². The Morgan fingerprint density at radius 1 is 1.07 bits per heavy atom. The molecule has 154 valence electrons. The number of nitrogens with zero attached hydrogens (tertiary/aromatic N) is 5. The average molecular weight is 388 g/mol. The third-order valence-electron chi connectivity index (χ3n) is 6.53. The van der Waals surface area contributed by atoms with Gasteiger partial charge in [0.05, 0.1) is 18.8 Å². The minimum absolute atomic E-state index is 0.118. The Balaban J connectivity index is 1.30. The minimum atomic E-state index is 0.118. The number of hydrogen-bond donors (Lipinski definition) is 0. The molecule has 3 fully saturated rings. The van der Waals surface area contributed by atoms with E-state index in [1.165, 1.54) is 0 Å². The summed E-state index contributed by atoms with van der Waals surface area (Å²) in [5.41, 5.74) is 0.705. The van der Waals surface area contributed by atoms with Crippen LogP contribution in [0.15, 0.2) is 18.3 Å². The minimum Gasteiger partial charge on any atom is -0.379 e. The lowest BCUT2D eigenvalue weighted by atomic mass is 10.0. The lowest BCUT2D eigenvalue weighted by Gasteiger charge is -2.40. The molecule has 28 heavy (non-hydrogen) atoms. The normalized spacial score (nSPS) is 24.9. The number of likely N-dealkylation sites (N-methyl/N-ethyl adjacent to an activating group) is 1. The number of anilines is 1. The molecule has 1 aromatic rings. The van der Waals surface area contributed by atoms with Crippen molar-refractivity contribution in [3.8, 4) is 0 Å². The van der Waals surface area contributed by atoms with Gasteiger partial charge in [0.25, 0.3) is 5.91 Å². The van der Waals surface area contributed by atoms with Gasteiger partial charge < -0.3 is 19.4 Å². The number of morpholine rings is 1. The Bertz CT molecular complexity index is 651. The summed E-state index contributed by atoms with van der Waals surface area (Å²) >= 11 is 0. The van der Waals surface area contributed by atoms with Crippen LogP contribution in [-0.4, -0.2) is 104 Å². The molecular formula is C21H33N5O2. The molecule has 3 saturated heterocycles. The van der Waals surface area contributed by atoms with E-state index < -0.39 is 0 Å². The van der Waals surface area contributed by atoms with Crippen molar-refractivity contribution in [2.75, 3.05) is 71.5 Å². The van der Waals surface area contributed by atoms with E-state index in [0.29, 0.717) is 17.6 Å². The summed E-state index contributed by atoms with van der Waals surface area (Å²) in [6.07, 6.45) is 5.02. The van der Waals surface area contributed by atoms with Crippen molar-refractivity contribution in [2.45, 2.75) is 31.3 Å². The summed E-state index contributed by atoms with van der Waals surface area (Å²) in [4.78, 5) is 26.6. The zero-order valence-corrected chi connectivity index (χ0v) is 17.2. The fourth-order valence-corrected chi connectivity index (χ4v) is 4.63. The number of aromatic nitrogens is 1. The van der Waals surface area contributed by atoms with Gasteiger partial charge in [-0.05, 0) is 45.5 Å². The zero-order chi connectivity index (χ0) is 19.5. The number of carbonyl (C=O) groups is 1. The second kappa shape index (κ2) is 8.76. The SMILES string of the molecule is CN(C)C1CCN(c2ccc(C(=O)N3CCC(N4CCOCC4)CC3)cn2)C1. The third-order valence-corrected chi connectivity index (χ3v) is 6.53. The van der Waals surface area contributed by atoms with Crippen LogP contribution in [0.5, 0.6) is 0 Å². The molecular weight excluding hydrogens is 354 g/mol. The number of piperidine rings is 1. The first-order valence-electron chi connectivity index (χ1n) is 10.6. The molecule has 1 unspecified atom stereocenters. The molecule has 7 nitrogen and oxygen atoms in total. The summed E-state index contributed by atoms with van der Waals surface area (Å²) in [6.45, 7) is 7.41. The van der Waals surface area contributed by atoms with E-state index in [-0.39, 0.29) is 5.91 Å². The van der Waals surface area contributed by atoms with Crippen molar-refractivity contribution in [3.05, 3.63) is 23.9 Å². The van der Waals surface area contributed by atoms with E-state index in [1.807, 2.05) is 17.0 Å². The maximum atomic E-state index is 12.9. The van der Waals surface area contributed by atoms with Crippen LogP contribution < -0.4 is 4.90 Å². The van der Waals surface area contributed by atoms with Crippen LogP contribution >= 0.6 is 0 Å². The van der Waals surface area contributed by atoms with Crippen LogP contribution in [0.3, 0.4) is 0 Å². The van der Waals surface area contributed by atoms with Crippen molar-refractivity contribution in [2.24, 2.45) is 0 Å². The van der Waals surface area contributed by atoms with Crippen molar-refractivity contribution in [1.29, 1.82) is 0 Å². The highest BCUT2D eigenvalue weighted by Gasteiger charge is 2.29. The van der Waals surface area contributed by atoms with Crippen molar-refractivity contribution >= 4 is 11.7 Å². The van der Waals surface area contributed by atoms with Crippen molar-refractivity contribution < 1.29 is 9.53 Å². The molecule has 0 radical (unpaired) electrons. The summed E-state index contributed by atoms with van der Waals surface area (Å²) < 4.78 is 5.45. The van der Waals surface area contributed by atoms with E-state index in [9.17, 15) is 4.79 Å². The molecule has 0 saturated carbocycles. The van der Waals surface area contributed by atoms with Crippen LogP contribution in [0, 0.1) is 0 Å². The van der Waals surface area contributed by atoms with Crippen LogP contribution in [-0.2, 0) is 4.74 Å². The highest BCUT2D eigenvalue weighted by molar-refractivity contribution is 5.94. The highest BCUT2D eigenvalue weighted by atomic mass is 16.5. The van der Waals surface area contributed by atoms with Gasteiger partial charge in [-0.15, -0.1) is 0 Å². The summed E-state index contributed by atoms with van der Waals surface area (Å²) in [5.74, 6) is 1.10. The van der Waals surface area contributed by atoms with Gasteiger partial charge in [0.15, 0.2) is 0 Å². The molecule has 4 rings (SSSR count). The van der Waals surface area contributed by atoms with Gasteiger partial charge >= 0.3 is 0 Å². The summed E-state index contributed by atoms with van der Waals surface area (Å²) in [7, 11) is 4.26. The molecule has 0 aliphatic carbocycles. The lowest BCUT2D eigenvalue weighted by Crippen LogP contribution is -2.50. The quantitative estimate of drug-likeness (QED) is 0.773.